The van der Waals surface area contributed by atoms with Gasteiger partial charge in [-0.25, -0.2) is 0 Å². The van der Waals surface area contributed by atoms with Gasteiger partial charge in [-0.3, -0.25) is 4.79 Å². The fourth-order valence-electron chi connectivity index (χ4n) is 2.88. The molecule has 5 heteroatoms. The third-order valence-electron chi connectivity index (χ3n) is 4.66. The summed E-state index contributed by atoms with van der Waals surface area (Å²) in [5, 5.41) is 16.6. The predicted molar refractivity (Wildman–Crippen MR) is 80.2 cm³/mol. The normalized spacial score (nSPS) is 27.9. The number of aryl methyl sites for hydroxylation is 1. The highest BCUT2D eigenvalue weighted by molar-refractivity contribution is 7.08. The van der Waals surface area contributed by atoms with Crippen LogP contribution in [-0.2, 0) is 4.74 Å². The molecule has 0 radical (unpaired) electrons. The van der Waals surface area contributed by atoms with E-state index in [1.54, 1.807) is 0 Å². The lowest BCUT2D eigenvalue weighted by atomic mass is 9.54. The molecule has 4 nitrogen and oxygen atoms in total. The Kier molecular flexibility index (Phi) is 4.23. The van der Waals surface area contributed by atoms with Crippen LogP contribution >= 0.6 is 11.3 Å². The highest BCUT2D eigenvalue weighted by atomic mass is 32.1. The van der Waals surface area contributed by atoms with Crippen molar-refractivity contribution >= 4 is 17.2 Å². The Morgan fingerprint density at radius 2 is 2.25 bits per heavy atom. The second kappa shape index (κ2) is 5.47. The van der Waals surface area contributed by atoms with E-state index in [2.05, 4.69) is 5.32 Å². The van der Waals surface area contributed by atoms with E-state index in [0.29, 0.717) is 18.6 Å². The molecule has 2 atom stereocenters. The summed E-state index contributed by atoms with van der Waals surface area (Å²) in [5.41, 5.74) is 0.785. The van der Waals surface area contributed by atoms with Crippen molar-refractivity contribution in [2.24, 2.45) is 5.41 Å². The maximum atomic E-state index is 12.4. The van der Waals surface area contributed by atoms with Gasteiger partial charge in [0.2, 0.25) is 0 Å². The highest BCUT2D eigenvalue weighted by Crippen LogP contribution is 2.51. The molecule has 0 unspecified atom stereocenters. The molecule has 2 rings (SSSR count). The lowest BCUT2D eigenvalue weighted by Gasteiger charge is -2.60. The van der Waals surface area contributed by atoms with Crippen molar-refractivity contribution in [3.05, 3.63) is 21.9 Å². The molecule has 0 aliphatic heterocycles. The number of thiophene rings is 1. The van der Waals surface area contributed by atoms with E-state index in [9.17, 15) is 9.90 Å². The summed E-state index contributed by atoms with van der Waals surface area (Å²) in [7, 11) is 0. The molecule has 20 heavy (non-hydrogen) atoms. The molecule has 1 aliphatic carbocycles. The summed E-state index contributed by atoms with van der Waals surface area (Å²) in [6.07, 6.45) is 0.725. The van der Waals surface area contributed by atoms with Crippen LogP contribution in [0.4, 0.5) is 0 Å². The lowest BCUT2D eigenvalue weighted by Crippen LogP contribution is -2.74. The van der Waals surface area contributed by atoms with E-state index in [0.717, 1.165) is 5.56 Å². The minimum Gasteiger partial charge on any atom is -0.394 e. The SMILES string of the molecule is CCO[C@@H]1C[C@@](CO)(NC(=O)c2cscc2C)C1(C)C. The molecule has 1 aliphatic rings. The van der Waals surface area contributed by atoms with Gasteiger partial charge in [0.15, 0.2) is 0 Å². The Hall–Kier alpha value is -0.910. The minimum atomic E-state index is -0.599. The number of nitrogens with one attached hydrogen (secondary N) is 1. The number of carbonyl (C=O) groups is 1. The number of hydrogen-bond donors (Lipinski definition) is 2. The molecule has 0 spiro atoms. The molecule has 2 N–H and O–H groups in total. The zero-order valence-electron chi connectivity index (χ0n) is 12.5. The van der Waals surface area contributed by atoms with Crippen LogP contribution in [0.1, 0.15) is 43.1 Å². The van der Waals surface area contributed by atoms with Gasteiger partial charge in [-0.1, -0.05) is 13.8 Å². The van der Waals surface area contributed by atoms with E-state index < -0.39 is 5.54 Å². The van der Waals surface area contributed by atoms with Crippen molar-refractivity contribution in [3.63, 3.8) is 0 Å². The smallest absolute Gasteiger partial charge is 0.252 e. The van der Waals surface area contributed by atoms with Gasteiger partial charge in [-0.15, -0.1) is 0 Å². The topological polar surface area (TPSA) is 58.6 Å². The average Bonchev–Trinajstić information content (AvgIpc) is 2.83. The Bertz CT molecular complexity index is 497. The van der Waals surface area contributed by atoms with Crippen molar-refractivity contribution in [2.45, 2.75) is 45.8 Å². The van der Waals surface area contributed by atoms with Gasteiger partial charge in [0, 0.05) is 23.8 Å². The van der Waals surface area contributed by atoms with Crippen molar-refractivity contribution in [1.82, 2.24) is 5.32 Å². The number of rotatable bonds is 5. The van der Waals surface area contributed by atoms with Crippen molar-refractivity contribution in [1.29, 1.82) is 0 Å². The van der Waals surface area contributed by atoms with Crippen LogP contribution in [0.25, 0.3) is 0 Å². The zero-order chi connectivity index (χ0) is 15.0. The Balaban J connectivity index is 2.14. The number of amides is 1. The quantitative estimate of drug-likeness (QED) is 0.877. The van der Waals surface area contributed by atoms with E-state index in [4.69, 9.17) is 4.74 Å². The average molecular weight is 297 g/mol. The van der Waals surface area contributed by atoms with Crippen molar-refractivity contribution in [2.75, 3.05) is 13.2 Å². The molecule has 1 saturated carbocycles. The third-order valence-corrected chi connectivity index (χ3v) is 5.52. The highest BCUT2D eigenvalue weighted by Gasteiger charge is 2.61. The Morgan fingerprint density at radius 1 is 1.55 bits per heavy atom. The molecule has 1 aromatic rings. The number of carbonyl (C=O) groups excluding carboxylic acids is 1. The maximum absolute atomic E-state index is 12.4. The van der Waals surface area contributed by atoms with Gasteiger partial charge in [-0.05, 0) is 24.8 Å². The first-order chi connectivity index (χ1) is 9.38. The summed E-state index contributed by atoms with van der Waals surface area (Å²) in [6, 6.07) is 0. The number of hydrogen-bond acceptors (Lipinski definition) is 4. The van der Waals surface area contributed by atoms with E-state index in [1.165, 1.54) is 11.3 Å². The largest absolute Gasteiger partial charge is 0.394 e. The summed E-state index contributed by atoms with van der Waals surface area (Å²) in [6.45, 7) is 8.53. The molecule has 1 amide bonds. The number of aliphatic hydroxyl groups excluding tert-OH is 1. The Labute approximate surface area is 124 Å². The molecule has 1 aromatic heterocycles. The molecule has 0 bridgehead atoms. The van der Waals surface area contributed by atoms with E-state index in [1.807, 2.05) is 38.5 Å². The number of ether oxygens (including phenoxy) is 1. The molecule has 0 saturated heterocycles. The Morgan fingerprint density at radius 3 is 2.70 bits per heavy atom. The van der Waals surface area contributed by atoms with Crippen LogP contribution in [0, 0.1) is 12.3 Å². The third kappa shape index (κ3) is 2.28. The van der Waals surface area contributed by atoms with Crippen LogP contribution in [0.3, 0.4) is 0 Å². The summed E-state index contributed by atoms with van der Waals surface area (Å²) >= 11 is 1.51. The van der Waals surface area contributed by atoms with Gasteiger partial charge >= 0.3 is 0 Å². The second-order valence-corrected chi connectivity index (χ2v) is 6.78. The van der Waals surface area contributed by atoms with Crippen LogP contribution in [-0.4, -0.2) is 35.9 Å². The van der Waals surface area contributed by atoms with Gasteiger partial charge < -0.3 is 15.2 Å². The van der Waals surface area contributed by atoms with E-state index in [-0.39, 0.29) is 24.0 Å². The summed E-state index contributed by atoms with van der Waals surface area (Å²) in [5.74, 6) is -0.110. The first kappa shape index (κ1) is 15.5. The maximum Gasteiger partial charge on any atom is 0.252 e. The van der Waals surface area contributed by atoms with Crippen molar-refractivity contribution < 1.29 is 14.6 Å². The molecular weight excluding hydrogens is 274 g/mol. The van der Waals surface area contributed by atoms with Crippen LogP contribution in [0.15, 0.2) is 10.8 Å². The lowest BCUT2D eigenvalue weighted by molar-refractivity contribution is -0.172. The first-order valence-electron chi connectivity index (χ1n) is 6.95. The monoisotopic (exact) mass is 297 g/mol. The van der Waals surface area contributed by atoms with E-state index >= 15 is 0 Å². The summed E-state index contributed by atoms with van der Waals surface area (Å²) in [4.78, 5) is 12.4. The zero-order valence-corrected chi connectivity index (χ0v) is 13.3. The molecule has 1 fully saturated rings. The molecular formula is C15H23NO3S. The predicted octanol–water partition coefficient (Wildman–Crippen LogP) is 2.35. The van der Waals surface area contributed by atoms with Crippen LogP contribution < -0.4 is 5.32 Å². The first-order valence-corrected chi connectivity index (χ1v) is 7.90. The molecule has 0 aromatic carbocycles. The van der Waals surface area contributed by atoms with Gasteiger partial charge in [0.25, 0.3) is 5.91 Å². The second-order valence-electron chi connectivity index (χ2n) is 6.03. The summed E-state index contributed by atoms with van der Waals surface area (Å²) < 4.78 is 5.69. The van der Waals surface area contributed by atoms with Crippen molar-refractivity contribution in [3.8, 4) is 0 Å². The fourth-order valence-corrected chi connectivity index (χ4v) is 3.71. The fraction of sp³-hybridized carbons (Fsp3) is 0.667. The molecule has 1 heterocycles. The number of aliphatic hydroxyl groups is 1. The van der Waals surface area contributed by atoms with Gasteiger partial charge in [-0.2, -0.15) is 11.3 Å². The standard InChI is InChI=1S/C15H23NO3S/c1-5-19-12-6-15(9-17,14(12,3)4)16-13(18)11-8-20-7-10(11)2/h7-8,12,17H,5-6,9H2,1-4H3,(H,16,18)/t12-,15+/m1/s1. The minimum absolute atomic E-state index is 0.0709. The van der Waals surface area contributed by atoms with Gasteiger partial charge in [0.1, 0.15) is 0 Å². The van der Waals surface area contributed by atoms with Crippen LogP contribution in [0.5, 0.6) is 0 Å². The van der Waals surface area contributed by atoms with Gasteiger partial charge in [0.05, 0.1) is 23.8 Å². The van der Waals surface area contributed by atoms with Crippen LogP contribution in [0.2, 0.25) is 0 Å². The molecule has 112 valence electrons.